The predicted molar refractivity (Wildman–Crippen MR) is 100 cm³/mol. The maximum atomic E-state index is 13.9. The number of rotatable bonds is 9. The van der Waals surface area contributed by atoms with Crippen LogP contribution < -0.4 is 14.8 Å². The summed E-state index contributed by atoms with van der Waals surface area (Å²) in [6.07, 6.45) is 0.889. The lowest BCUT2D eigenvalue weighted by atomic mass is 10.2. The van der Waals surface area contributed by atoms with E-state index >= 15 is 0 Å². The molecule has 0 atom stereocenters. The molecule has 5 nitrogen and oxygen atoms in total. The van der Waals surface area contributed by atoms with Gasteiger partial charge in [0.05, 0.1) is 26.5 Å². The van der Waals surface area contributed by atoms with E-state index in [2.05, 4.69) is 5.32 Å². The van der Waals surface area contributed by atoms with E-state index in [9.17, 15) is 9.18 Å². The van der Waals surface area contributed by atoms with Gasteiger partial charge in [0.25, 0.3) is 0 Å². The number of hydrogen-bond acceptors (Lipinski definition) is 4. The maximum absolute atomic E-state index is 13.9. The highest BCUT2D eigenvalue weighted by atomic mass is 19.1. The molecule has 0 heterocycles. The monoisotopic (exact) mass is 360 g/mol. The Hall–Kier alpha value is -2.60. The van der Waals surface area contributed by atoms with Crippen LogP contribution in [0.4, 0.5) is 10.1 Å². The average Bonchev–Trinajstić information content (AvgIpc) is 2.62. The van der Waals surface area contributed by atoms with Crippen LogP contribution in [0.1, 0.15) is 18.9 Å². The number of hydrogen-bond donors (Lipinski definition) is 1. The van der Waals surface area contributed by atoms with E-state index in [-0.39, 0.29) is 18.2 Å². The molecule has 0 saturated carbocycles. The molecule has 2 rings (SSSR count). The molecule has 6 heteroatoms. The second-order valence-electron chi connectivity index (χ2n) is 5.93. The summed E-state index contributed by atoms with van der Waals surface area (Å²) < 4.78 is 24.1. The molecule has 0 radical (unpaired) electrons. The molecular formula is C20H25FN2O3. The first-order valence-electron chi connectivity index (χ1n) is 8.55. The summed E-state index contributed by atoms with van der Waals surface area (Å²) in [5.74, 6) is 0.279. The molecule has 0 unspecified atom stereocenters. The highest BCUT2D eigenvalue weighted by molar-refractivity contribution is 5.93. The first kappa shape index (κ1) is 19.7. The Kier molecular flexibility index (Phi) is 7.41. The number of ether oxygens (including phenoxy) is 2. The third kappa shape index (κ3) is 5.46. The Bertz CT molecular complexity index is 737. The van der Waals surface area contributed by atoms with Gasteiger partial charge >= 0.3 is 0 Å². The van der Waals surface area contributed by atoms with Crippen LogP contribution in [0.15, 0.2) is 42.5 Å². The third-order valence-corrected chi connectivity index (χ3v) is 3.91. The van der Waals surface area contributed by atoms with Crippen LogP contribution in [-0.2, 0) is 11.3 Å². The lowest BCUT2D eigenvalue weighted by Gasteiger charge is -2.21. The Labute approximate surface area is 153 Å². The van der Waals surface area contributed by atoms with Crippen LogP contribution in [-0.4, -0.2) is 38.1 Å². The van der Waals surface area contributed by atoms with Gasteiger partial charge in [-0.15, -0.1) is 0 Å². The van der Waals surface area contributed by atoms with Crippen molar-refractivity contribution in [3.63, 3.8) is 0 Å². The van der Waals surface area contributed by atoms with Gasteiger partial charge in [0.15, 0.2) is 11.6 Å². The Balaban J connectivity index is 2.02. The summed E-state index contributed by atoms with van der Waals surface area (Å²) in [4.78, 5) is 14.4. The standard InChI is InChI=1S/C20H25FN2O3/c1-4-11-23(13-15-9-10-18(25-2)16(21)12-15)14-20(24)22-17-7-5-6-8-19(17)26-3/h5-10,12H,4,11,13-14H2,1-3H3,(H,22,24). The summed E-state index contributed by atoms with van der Waals surface area (Å²) in [6, 6.07) is 12.1. The number of carbonyl (C=O) groups is 1. The molecule has 0 spiro atoms. The van der Waals surface area contributed by atoms with Crippen molar-refractivity contribution in [1.82, 2.24) is 4.90 Å². The van der Waals surface area contributed by atoms with Gasteiger partial charge in [0.1, 0.15) is 5.75 Å². The highest BCUT2D eigenvalue weighted by Gasteiger charge is 2.14. The SMILES string of the molecule is CCCN(CC(=O)Nc1ccccc1OC)Cc1ccc(OC)c(F)c1. The van der Waals surface area contributed by atoms with E-state index in [4.69, 9.17) is 9.47 Å². The number of nitrogens with zero attached hydrogens (tertiary/aromatic N) is 1. The number of anilines is 1. The molecule has 0 bridgehead atoms. The number of halogens is 1. The number of para-hydroxylation sites is 2. The van der Waals surface area contributed by atoms with Crippen LogP contribution >= 0.6 is 0 Å². The summed E-state index contributed by atoms with van der Waals surface area (Å²) in [6.45, 7) is 3.46. The minimum atomic E-state index is -0.403. The van der Waals surface area contributed by atoms with Gasteiger partial charge < -0.3 is 14.8 Å². The van der Waals surface area contributed by atoms with Gasteiger partial charge in [-0.25, -0.2) is 4.39 Å². The van der Waals surface area contributed by atoms with E-state index in [1.54, 1.807) is 25.3 Å². The normalized spacial score (nSPS) is 10.7. The molecule has 0 aliphatic carbocycles. The van der Waals surface area contributed by atoms with Crippen molar-refractivity contribution in [3.8, 4) is 11.5 Å². The smallest absolute Gasteiger partial charge is 0.238 e. The van der Waals surface area contributed by atoms with Gasteiger partial charge in [-0.1, -0.05) is 25.1 Å². The minimum Gasteiger partial charge on any atom is -0.495 e. The lowest BCUT2D eigenvalue weighted by molar-refractivity contribution is -0.117. The topological polar surface area (TPSA) is 50.8 Å². The molecule has 0 saturated heterocycles. The molecule has 2 aromatic carbocycles. The summed E-state index contributed by atoms with van der Waals surface area (Å²) >= 11 is 0. The zero-order chi connectivity index (χ0) is 18.9. The van der Waals surface area contributed by atoms with Gasteiger partial charge in [0.2, 0.25) is 5.91 Å². The zero-order valence-corrected chi connectivity index (χ0v) is 15.4. The molecule has 26 heavy (non-hydrogen) atoms. The molecule has 1 amide bonds. The van der Waals surface area contributed by atoms with Crippen molar-refractivity contribution < 1.29 is 18.7 Å². The number of nitrogens with one attached hydrogen (secondary N) is 1. The van der Waals surface area contributed by atoms with Crippen LogP contribution in [0.25, 0.3) is 0 Å². The molecule has 140 valence electrons. The second kappa shape index (κ2) is 9.77. The fraction of sp³-hybridized carbons (Fsp3) is 0.350. The quantitative estimate of drug-likeness (QED) is 0.741. The van der Waals surface area contributed by atoms with E-state index in [0.717, 1.165) is 18.5 Å². The fourth-order valence-corrected chi connectivity index (χ4v) is 2.74. The number of carbonyl (C=O) groups excluding carboxylic acids is 1. The van der Waals surface area contributed by atoms with Crippen molar-refractivity contribution in [2.45, 2.75) is 19.9 Å². The lowest BCUT2D eigenvalue weighted by Crippen LogP contribution is -2.33. The first-order valence-corrected chi connectivity index (χ1v) is 8.55. The van der Waals surface area contributed by atoms with Crippen LogP contribution in [0.2, 0.25) is 0 Å². The molecule has 0 aliphatic heterocycles. The van der Waals surface area contributed by atoms with Crippen molar-refractivity contribution in [3.05, 3.63) is 53.8 Å². The second-order valence-corrected chi connectivity index (χ2v) is 5.93. The summed E-state index contributed by atoms with van der Waals surface area (Å²) in [7, 11) is 3.00. The number of amides is 1. The van der Waals surface area contributed by atoms with Crippen molar-refractivity contribution in [2.75, 3.05) is 32.6 Å². The number of methoxy groups -OCH3 is 2. The zero-order valence-electron chi connectivity index (χ0n) is 15.4. The first-order chi connectivity index (χ1) is 12.6. The summed E-state index contributed by atoms with van der Waals surface area (Å²) in [5.41, 5.74) is 1.42. The molecular weight excluding hydrogens is 335 g/mol. The predicted octanol–water partition coefficient (Wildman–Crippen LogP) is 3.69. The minimum absolute atomic E-state index is 0.142. The van der Waals surface area contributed by atoms with Gasteiger partial charge in [-0.3, -0.25) is 9.69 Å². The van der Waals surface area contributed by atoms with Crippen molar-refractivity contribution in [2.24, 2.45) is 0 Å². The van der Waals surface area contributed by atoms with Gasteiger partial charge in [-0.05, 0) is 42.8 Å². The fourth-order valence-electron chi connectivity index (χ4n) is 2.74. The molecule has 0 aromatic heterocycles. The average molecular weight is 360 g/mol. The van der Waals surface area contributed by atoms with Crippen LogP contribution in [0.5, 0.6) is 11.5 Å². The van der Waals surface area contributed by atoms with Gasteiger partial charge in [-0.2, -0.15) is 0 Å². The third-order valence-electron chi connectivity index (χ3n) is 3.91. The van der Waals surface area contributed by atoms with Crippen LogP contribution in [0, 0.1) is 5.82 Å². The summed E-state index contributed by atoms with van der Waals surface area (Å²) in [5, 5.41) is 2.87. The van der Waals surface area contributed by atoms with Crippen molar-refractivity contribution >= 4 is 11.6 Å². The van der Waals surface area contributed by atoms with Crippen molar-refractivity contribution in [1.29, 1.82) is 0 Å². The Morgan fingerprint density at radius 3 is 2.50 bits per heavy atom. The molecule has 2 aromatic rings. The number of benzene rings is 2. The maximum Gasteiger partial charge on any atom is 0.238 e. The van der Waals surface area contributed by atoms with Crippen LogP contribution in [0.3, 0.4) is 0 Å². The largest absolute Gasteiger partial charge is 0.495 e. The molecule has 0 fully saturated rings. The van der Waals surface area contributed by atoms with E-state index in [1.165, 1.54) is 13.2 Å². The molecule has 1 N–H and O–H groups in total. The Morgan fingerprint density at radius 2 is 1.85 bits per heavy atom. The van der Waals surface area contributed by atoms with E-state index in [0.29, 0.717) is 18.0 Å². The van der Waals surface area contributed by atoms with Gasteiger partial charge in [0, 0.05) is 6.54 Å². The van der Waals surface area contributed by atoms with E-state index in [1.807, 2.05) is 30.0 Å². The van der Waals surface area contributed by atoms with E-state index < -0.39 is 5.82 Å². The highest BCUT2D eigenvalue weighted by Crippen LogP contribution is 2.23. The molecule has 0 aliphatic rings. The Morgan fingerprint density at radius 1 is 1.12 bits per heavy atom.